The van der Waals surface area contributed by atoms with Crippen molar-refractivity contribution < 1.29 is 26.2 Å². The van der Waals surface area contributed by atoms with Gasteiger partial charge in [-0.25, -0.2) is 0 Å². The zero-order valence-electron chi connectivity index (χ0n) is 19.4. The zero-order valence-corrected chi connectivity index (χ0v) is 23.0. The first-order valence-electron chi connectivity index (χ1n) is 11.0. The summed E-state index contributed by atoms with van der Waals surface area (Å²) in [5.41, 5.74) is 13.6. The number of benzene rings is 4. The summed E-state index contributed by atoms with van der Waals surface area (Å²) in [5.74, 6) is 0. The molecule has 2 aliphatic carbocycles. The van der Waals surface area contributed by atoms with Gasteiger partial charge < -0.3 is 0 Å². The van der Waals surface area contributed by atoms with E-state index in [1.54, 1.807) is 0 Å². The van der Waals surface area contributed by atoms with Crippen molar-refractivity contribution in [3.05, 3.63) is 118 Å². The summed E-state index contributed by atoms with van der Waals surface area (Å²) in [6, 6.07) is 32.8. The average molecular weight is 509 g/mol. The molecular formula is C30H29SiZr. The van der Waals surface area contributed by atoms with Gasteiger partial charge in [-0.1, -0.05) is 97.7 Å². The monoisotopic (exact) mass is 507 g/mol. The van der Waals surface area contributed by atoms with Crippen LogP contribution in [0.25, 0.3) is 22.3 Å². The smallest absolute Gasteiger partial charge is 0.176 e. The van der Waals surface area contributed by atoms with Gasteiger partial charge in [0.1, 0.15) is 0 Å². The third-order valence-corrected chi connectivity index (χ3v) is 5.70. The van der Waals surface area contributed by atoms with Crippen molar-refractivity contribution in [1.82, 2.24) is 0 Å². The fraction of sp³-hybridized carbons (Fsp3) is 0.200. The molecule has 0 bridgehead atoms. The van der Waals surface area contributed by atoms with E-state index in [9.17, 15) is 0 Å². The van der Waals surface area contributed by atoms with Gasteiger partial charge in [0.15, 0.2) is 0 Å². The van der Waals surface area contributed by atoms with E-state index in [1.165, 1.54) is 55.6 Å². The maximum absolute atomic E-state index is 3.43. The summed E-state index contributed by atoms with van der Waals surface area (Å²) < 4.78 is 0. The van der Waals surface area contributed by atoms with Gasteiger partial charge >= 0.3 is 26.2 Å². The summed E-state index contributed by atoms with van der Waals surface area (Å²) in [7, 11) is 0.750. The van der Waals surface area contributed by atoms with Gasteiger partial charge in [0.05, 0.1) is 0 Å². The Bertz CT molecular complexity index is 1110. The Balaban J connectivity index is 0.000000157. The molecule has 0 saturated heterocycles. The fourth-order valence-electron chi connectivity index (χ4n) is 4.35. The summed E-state index contributed by atoms with van der Waals surface area (Å²) in [5, 5.41) is 0. The predicted octanol–water partition coefficient (Wildman–Crippen LogP) is 7.25. The van der Waals surface area contributed by atoms with Crippen LogP contribution in [0.5, 0.6) is 0 Å². The van der Waals surface area contributed by atoms with Gasteiger partial charge in [0.25, 0.3) is 0 Å². The van der Waals surface area contributed by atoms with E-state index >= 15 is 0 Å². The fourth-order valence-corrected chi connectivity index (χ4v) is 4.35. The molecule has 2 heteroatoms. The topological polar surface area (TPSA) is 0 Å². The molecule has 1 radical (unpaired) electrons. The van der Waals surface area contributed by atoms with Gasteiger partial charge in [0, 0.05) is 9.52 Å². The Kier molecular flexibility index (Phi) is 8.63. The minimum absolute atomic E-state index is 0. The molecule has 32 heavy (non-hydrogen) atoms. The molecule has 2 aliphatic rings. The van der Waals surface area contributed by atoms with E-state index < -0.39 is 0 Å². The van der Waals surface area contributed by atoms with Gasteiger partial charge in [-0.2, -0.15) is 47.5 Å². The number of aryl methyl sites for hydroxylation is 2. The first-order chi connectivity index (χ1) is 15.1. The van der Waals surface area contributed by atoms with Crippen molar-refractivity contribution in [2.24, 2.45) is 0 Å². The molecule has 4 aromatic rings. The predicted molar refractivity (Wildman–Crippen MR) is 135 cm³/mol. The first kappa shape index (κ1) is 24.6. The molecule has 0 unspecified atom stereocenters. The number of rotatable bonds is 0. The van der Waals surface area contributed by atoms with E-state index in [4.69, 9.17) is 0 Å². The van der Waals surface area contributed by atoms with Crippen LogP contribution >= 0.6 is 0 Å². The zero-order chi connectivity index (χ0) is 21.8. The number of hydrogen-bond donors (Lipinski definition) is 0. The van der Waals surface area contributed by atoms with E-state index in [0.717, 1.165) is 22.4 Å². The Hall–Kier alpha value is -2.02. The van der Waals surface area contributed by atoms with E-state index in [0.29, 0.717) is 0 Å². The molecule has 0 aromatic heterocycles. The molecule has 0 heterocycles. The normalized spacial score (nSPS) is 11.4. The first-order valence-corrected chi connectivity index (χ1v) is 13.4. The molecule has 0 N–H and O–H groups in total. The van der Waals surface area contributed by atoms with Crippen molar-refractivity contribution in [2.45, 2.75) is 39.8 Å². The molecule has 0 spiro atoms. The van der Waals surface area contributed by atoms with Crippen LogP contribution in [0.1, 0.15) is 33.4 Å². The molecule has 0 amide bonds. The SMILES string of the molecule is C[SiH]C.Cc1[c-]c2c(cc1)-c1ccccc1C2.Cc1[c-]c2c(cc1)-c1ccccc1C2.[Zr+2]. The minimum Gasteiger partial charge on any atom is -0.176 e. The van der Waals surface area contributed by atoms with Gasteiger partial charge in [0.2, 0.25) is 0 Å². The second-order valence-electron chi connectivity index (χ2n) is 8.31. The van der Waals surface area contributed by atoms with Crippen molar-refractivity contribution in [1.29, 1.82) is 0 Å². The van der Waals surface area contributed by atoms with Crippen LogP contribution in [0.3, 0.4) is 0 Å². The van der Waals surface area contributed by atoms with Crippen LogP contribution in [0, 0.1) is 26.0 Å². The van der Waals surface area contributed by atoms with Crippen LogP contribution in [0.2, 0.25) is 13.1 Å². The van der Waals surface area contributed by atoms with Crippen molar-refractivity contribution in [3.63, 3.8) is 0 Å². The Morgan fingerprint density at radius 3 is 1.34 bits per heavy atom. The average Bonchev–Trinajstić information content (AvgIpc) is 3.31. The third-order valence-electron chi connectivity index (χ3n) is 5.70. The van der Waals surface area contributed by atoms with Crippen molar-refractivity contribution in [3.8, 4) is 22.3 Å². The molecule has 0 fully saturated rings. The Morgan fingerprint density at radius 2 is 0.938 bits per heavy atom. The number of hydrogen-bond acceptors (Lipinski definition) is 0. The Labute approximate surface area is 215 Å². The van der Waals surface area contributed by atoms with Crippen LogP contribution in [0.15, 0.2) is 72.8 Å². The third kappa shape index (κ3) is 5.30. The second kappa shape index (κ2) is 11.2. The second-order valence-corrected chi connectivity index (χ2v) is 9.47. The van der Waals surface area contributed by atoms with Crippen molar-refractivity contribution >= 4 is 9.52 Å². The van der Waals surface area contributed by atoms with Crippen LogP contribution in [0.4, 0.5) is 0 Å². The van der Waals surface area contributed by atoms with Crippen LogP contribution in [-0.2, 0) is 39.0 Å². The molecule has 157 valence electrons. The van der Waals surface area contributed by atoms with E-state index in [-0.39, 0.29) is 26.2 Å². The van der Waals surface area contributed by atoms with Crippen LogP contribution < -0.4 is 0 Å². The van der Waals surface area contributed by atoms with E-state index in [1.807, 2.05) is 0 Å². The summed E-state index contributed by atoms with van der Waals surface area (Å²) in [6.45, 7) is 8.62. The summed E-state index contributed by atoms with van der Waals surface area (Å²) >= 11 is 0. The summed E-state index contributed by atoms with van der Waals surface area (Å²) in [6.07, 6.45) is 2.10. The maximum atomic E-state index is 3.43. The quantitative estimate of drug-likeness (QED) is 0.150. The molecule has 0 aliphatic heterocycles. The molecule has 0 atom stereocenters. The van der Waals surface area contributed by atoms with Gasteiger partial charge in [-0.05, 0) is 12.8 Å². The van der Waals surface area contributed by atoms with E-state index in [2.05, 4.69) is 112 Å². The largest absolute Gasteiger partial charge is 2.00 e. The molecule has 4 aromatic carbocycles. The number of fused-ring (bicyclic) bond motifs is 6. The molecular weight excluding hydrogens is 480 g/mol. The molecule has 0 saturated carbocycles. The van der Waals surface area contributed by atoms with Gasteiger partial charge in [-0.3, -0.25) is 0 Å². The maximum Gasteiger partial charge on any atom is 2.00 e. The standard InChI is InChI=1S/2C14H11.C2H7Si.Zr/c2*1-10-6-7-14-12(8-10)9-11-4-2-3-5-13(11)14;1-3-2;/h2*2-7H,9H2,1H3;3H,1-2H3;/q2*-1;;+2. The van der Waals surface area contributed by atoms with Crippen molar-refractivity contribution in [2.75, 3.05) is 0 Å². The summed E-state index contributed by atoms with van der Waals surface area (Å²) in [4.78, 5) is 0. The molecule has 6 rings (SSSR count). The van der Waals surface area contributed by atoms with Crippen LogP contribution in [-0.4, -0.2) is 9.52 Å². The van der Waals surface area contributed by atoms with Gasteiger partial charge in [-0.15, -0.1) is 22.3 Å². The molecule has 0 nitrogen and oxygen atoms in total. The minimum atomic E-state index is 0. The Morgan fingerprint density at radius 1 is 0.562 bits per heavy atom.